The van der Waals surface area contributed by atoms with Crippen molar-refractivity contribution >= 4 is 23.4 Å². The van der Waals surface area contributed by atoms with Crippen LogP contribution in [0, 0.1) is 13.8 Å². The van der Waals surface area contributed by atoms with Crippen LogP contribution in [0.3, 0.4) is 0 Å². The average molecular weight is 379 g/mol. The first-order valence-electron chi connectivity index (χ1n) is 8.21. The van der Waals surface area contributed by atoms with E-state index < -0.39 is 5.97 Å². The highest BCUT2D eigenvalue weighted by Crippen LogP contribution is 2.19. The number of Topliss-reactive ketones (excluding diaryl/α,β-unsaturated/α-hetero) is 1. The number of carbonyl (C=O) groups excluding carboxylic acids is 2. The third-order valence-corrected chi connectivity index (χ3v) is 4.33. The van der Waals surface area contributed by atoms with E-state index in [0.29, 0.717) is 40.7 Å². The van der Waals surface area contributed by atoms with Crippen molar-refractivity contribution in [1.29, 1.82) is 0 Å². The lowest BCUT2D eigenvalue weighted by molar-refractivity contribution is 0.0599. The molecular formula is C19H23ClN2O4. The van der Waals surface area contributed by atoms with Gasteiger partial charge in [-0.3, -0.25) is 9.69 Å². The quantitative estimate of drug-likeness (QED) is 0.564. The highest BCUT2D eigenvalue weighted by Gasteiger charge is 2.22. The molecule has 2 rings (SSSR count). The third kappa shape index (κ3) is 4.86. The number of aryl methyl sites for hydroxylation is 1. The highest BCUT2D eigenvalue weighted by molar-refractivity contribution is 6.30. The summed E-state index contributed by atoms with van der Waals surface area (Å²) in [6.07, 6.45) is 0. The molecule has 6 nitrogen and oxygen atoms in total. The summed E-state index contributed by atoms with van der Waals surface area (Å²) >= 11 is 5.83. The van der Waals surface area contributed by atoms with Crippen LogP contribution in [0.15, 0.2) is 24.3 Å². The van der Waals surface area contributed by atoms with E-state index in [-0.39, 0.29) is 12.3 Å². The second-order valence-electron chi connectivity index (χ2n) is 6.08. The van der Waals surface area contributed by atoms with Crippen LogP contribution in [0.25, 0.3) is 0 Å². The maximum Gasteiger partial charge on any atom is 0.339 e. The van der Waals surface area contributed by atoms with E-state index in [1.54, 1.807) is 38.1 Å². The molecule has 2 aromatic rings. The SMILES string of the molecule is COC(=O)c1c(C)[nH]c(C(=O)CN(C)CCOc2ccc(Cl)cc2)c1C. The van der Waals surface area contributed by atoms with Crippen LogP contribution in [0.1, 0.15) is 32.1 Å². The molecule has 1 aromatic heterocycles. The van der Waals surface area contributed by atoms with Crippen molar-refractivity contribution < 1.29 is 19.1 Å². The predicted molar refractivity (Wildman–Crippen MR) is 100 cm³/mol. The minimum Gasteiger partial charge on any atom is -0.492 e. The van der Waals surface area contributed by atoms with Gasteiger partial charge in [-0.15, -0.1) is 0 Å². The number of halogens is 1. The monoisotopic (exact) mass is 378 g/mol. The number of benzene rings is 1. The van der Waals surface area contributed by atoms with E-state index in [9.17, 15) is 9.59 Å². The van der Waals surface area contributed by atoms with Crippen LogP contribution in [-0.4, -0.2) is 55.5 Å². The summed E-state index contributed by atoms with van der Waals surface area (Å²) in [5.74, 6) is 0.197. The number of methoxy groups -OCH3 is 1. The Labute approximate surface area is 158 Å². The van der Waals surface area contributed by atoms with Crippen molar-refractivity contribution in [1.82, 2.24) is 9.88 Å². The van der Waals surface area contributed by atoms with Crippen molar-refractivity contribution in [2.24, 2.45) is 0 Å². The van der Waals surface area contributed by atoms with Crippen molar-refractivity contribution in [3.8, 4) is 5.75 Å². The number of nitrogens with one attached hydrogen (secondary N) is 1. The van der Waals surface area contributed by atoms with Gasteiger partial charge in [-0.1, -0.05) is 11.6 Å². The van der Waals surface area contributed by atoms with Crippen molar-refractivity contribution in [3.05, 3.63) is 51.8 Å². The zero-order chi connectivity index (χ0) is 19.3. The molecule has 0 unspecified atom stereocenters. The molecule has 7 heteroatoms. The van der Waals surface area contributed by atoms with Crippen LogP contribution in [0.5, 0.6) is 5.75 Å². The predicted octanol–water partition coefficient (Wildman–Crippen LogP) is 3.27. The molecule has 140 valence electrons. The Morgan fingerprint density at radius 1 is 1.19 bits per heavy atom. The number of nitrogens with zero attached hydrogens (tertiary/aromatic N) is 1. The lowest BCUT2D eigenvalue weighted by Crippen LogP contribution is -2.30. The molecule has 0 aliphatic heterocycles. The number of H-pyrrole nitrogens is 1. The second kappa shape index (κ2) is 8.87. The first-order valence-corrected chi connectivity index (χ1v) is 8.58. The molecule has 0 saturated heterocycles. The molecule has 0 spiro atoms. The minimum absolute atomic E-state index is 0.0882. The number of esters is 1. The van der Waals surface area contributed by atoms with E-state index in [4.69, 9.17) is 21.1 Å². The molecule has 0 bridgehead atoms. The van der Waals surface area contributed by atoms with Gasteiger partial charge in [0, 0.05) is 17.3 Å². The van der Waals surface area contributed by atoms with Gasteiger partial charge in [0.25, 0.3) is 0 Å². The Kier molecular flexibility index (Phi) is 6.83. The van der Waals surface area contributed by atoms with Gasteiger partial charge >= 0.3 is 5.97 Å². The van der Waals surface area contributed by atoms with Gasteiger partial charge in [-0.25, -0.2) is 4.79 Å². The molecule has 0 aliphatic rings. The fourth-order valence-corrected chi connectivity index (χ4v) is 2.82. The van der Waals surface area contributed by atoms with Crippen LogP contribution >= 0.6 is 11.6 Å². The van der Waals surface area contributed by atoms with E-state index in [2.05, 4.69) is 4.98 Å². The molecule has 0 radical (unpaired) electrons. The maximum atomic E-state index is 12.5. The van der Waals surface area contributed by atoms with E-state index in [0.717, 1.165) is 5.75 Å². The highest BCUT2D eigenvalue weighted by atomic mass is 35.5. The maximum absolute atomic E-state index is 12.5. The average Bonchev–Trinajstić information content (AvgIpc) is 2.90. The zero-order valence-corrected chi connectivity index (χ0v) is 16.1. The molecule has 0 fully saturated rings. The number of ether oxygens (including phenoxy) is 2. The summed E-state index contributed by atoms with van der Waals surface area (Å²) in [6.45, 7) is 4.73. The first-order chi connectivity index (χ1) is 12.3. The molecule has 0 atom stereocenters. The number of ketones is 1. The second-order valence-corrected chi connectivity index (χ2v) is 6.52. The smallest absolute Gasteiger partial charge is 0.339 e. The minimum atomic E-state index is -0.444. The van der Waals surface area contributed by atoms with Crippen LogP contribution in [-0.2, 0) is 4.74 Å². The van der Waals surface area contributed by atoms with Crippen molar-refractivity contribution in [2.75, 3.05) is 33.9 Å². The molecule has 0 saturated carbocycles. The van der Waals surface area contributed by atoms with E-state index in [1.165, 1.54) is 7.11 Å². The van der Waals surface area contributed by atoms with E-state index in [1.807, 2.05) is 11.9 Å². The summed E-state index contributed by atoms with van der Waals surface area (Å²) in [7, 11) is 3.17. The van der Waals surface area contributed by atoms with Gasteiger partial charge < -0.3 is 14.5 Å². The lowest BCUT2D eigenvalue weighted by atomic mass is 10.1. The number of hydrogen-bond acceptors (Lipinski definition) is 5. The Morgan fingerprint density at radius 3 is 2.46 bits per heavy atom. The Morgan fingerprint density at radius 2 is 1.85 bits per heavy atom. The van der Waals surface area contributed by atoms with Crippen LogP contribution in [0.4, 0.5) is 0 Å². The van der Waals surface area contributed by atoms with Gasteiger partial charge in [0.05, 0.1) is 24.9 Å². The van der Waals surface area contributed by atoms with E-state index >= 15 is 0 Å². The number of likely N-dealkylation sites (N-methyl/N-ethyl adjacent to an activating group) is 1. The van der Waals surface area contributed by atoms with Crippen molar-refractivity contribution in [2.45, 2.75) is 13.8 Å². The summed E-state index contributed by atoms with van der Waals surface area (Å²) in [6, 6.07) is 7.12. The zero-order valence-electron chi connectivity index (χ0n) is 15.4. The third-order valence-electron chi connectivity index (χ3n) is 4.07. The molecule has 0 aliphatic carbocycles. The first kappa shape index (κ1) is 20.0. The summed E-state index contributed by atoms with van der Waals surface area (Å²) in [4.78, 5) is 29.2. The van der Waals surface area contributed by atoms with Gasteiger partial charge in [0.1, 0.15) is 12.4 Å². The summed E-state index contributed by atoms with van der Waals surface area (Å²) < 4.78 is 10.4. The number of aromatic amines is 1. The largest absolute Gasteiger partial charge is 0.492 e. The normalized spacial score (nSPS) is 10.8. The molecule has 1 N–H and O–H groups in total. The fraction of sp³-hybridized carbons (Fsp3) is 0.368. The number of carbonyl (C=O) groups is 2. The van der Waals surface area contributed by atoms with Gasteiger partial charge in [0.2, 0.25) is 0 Å². The number of rotatable bonds is 8. The molecule has 26 heavy (non-hydrogen) atoms. The molecule has 0 amide bonds. The van der Waals surface area contributed by atoms with Gasteiger partial charge in [-0.05, 0) is 50.7 Å². The van der Waals surface area contributed by atoms with Gasteiger partial charge in [-0.2, -0.15) is 0 Å². The fourth-order valence-electron chi connectivity index (χ4n) is 2.69. The summed E-state index contributed by atoms with van der Waals surface area (Å²) in [5, 5.41) is 0.656. The molecule has 1 aromatic carbocycles. The van der Waals surface area contributed by atoms with Crippen molar-refractivity contribution in [3.63, 3.8) is 0 Å². The number of aromatic nitrogens is 1. The van der Waals surface area contributed by atoms with Crippen LogP contribution < -0.4 is 4.74 Å². The Bertz CT molecular complexity index is 784. The Hall–Kier alpha value is -2.31. The standard InChI is InChI=1S/C19H23ClN2O4/c1-12-17(19(24)25-4)13(2)21-18(12)16(23)11-22(3)9-10-26-15-7-5-14(20)6-8-15/h5-8,21H,9-11H2,1-4H3. The molecular weight excluding hydrogens is 356 g/mol. The van der Waals surface area contributed by atoms with Gasteiger partial charge in [0.15, 0.2) is 5.78 Å². The Balaban J connectivity index is 1.90. The molecule has 1 heterocycles. The van der Waals surface area contributed by atoms with Crippen LogP contribution in [0.2, 0.25) is 5.02 Å². The topological polar surface area (TPSA) is 71.6 Å². The number of hydrogen-bond donors (Lipinski definition) is 1. The lowest BCUT2D eigenvalue weighted by Gasteiger charge is -2.16. The summed E-state index contributed by atoms with van der Waals surface area (Å²) in [5.41, 5.74) is 2.11.